The Kier molecular flexibility index (Phi) is 4.94. The number of nitrogens with one attached hydrogen (secondary N) is 1. The average molecular weight is 267 g/mol. The zero-order chi connectivity index (χ0) is 14.4. The second-order valence-corrected chi connectivity index (χ2v) is 5.21. The van der Waals surface area contributed by atoms with Gasteiger partial charge in [0.2, 0.25) is 0 Å². The summed E-state index contributed by atoms with van der Waals surface area (Å²) in [5, 5.41) is 3.07. The monoisotopic (exact) mass is 267 g/mol. The number of benzene rings is 2. The molecule has 0 aliphatic heterocycles. The molecule has 0 aliphatic carbocycles. The van der Waals surface area contributed by atoms with Crippen LogP contribution in [0.15, 0.2) is 54.6 Å². The lowest BCUT2D eigenvalue weighted by Crippen LogP contribution is -2.33. The molecule has 1 N–H and O–H groups in total. The first-order valence-corrected chi connectivity index (χ1v) is 7.07. The third-order valence-electron chi connectivity index (χ3n) is 3.48. The highest BCUT2D eigenvalue weighted by Crippen LogP contribution is 2.09. The van der Waals surface area contributed by atoms with Crippen LogP contribution in [0.3, 0.4) is 0 Å². The van der Waals surface area contributed by atoms with E-state index in [4.69, 9.17) is 0 Å². The molecule has 0 fully saturated rings. The van der Waals surface area contributed by atoms with E-state index in [1.807, 2.05) is 49.4 Å². The minimum atomic E-state index is 0.0173. The van der Waals surface area contributed by atoms with Crippen LogP contribution in [0, 0.1) is 6.92 Å². The fourth-order valence-electron chi connectivity index (χ4n) is 2.23. The number of rotatable bonds is 5. The summed E-state index contributed by atoms with van der Waals surface area (Å²) in [5.41, 5.74) is 3.09. The van der Waals surface area contributed by atoms with Gasteiger partial charge in [-0.05, 0) is 43.9 Å². The molecule has 0 heterocycles. The molecule has 2 rings (SSSR count). The Morgan fingerprint density at radius 2 is 1.70 bits per heavy atom. The molecular weight excluding hydrogens is 246 g/mol. The van der Waals surface area contributed by atoms with Gasteiger partial charge in [-0.1, -0.05) is 48.5 Å². The van der Waals surface area contributed by atoms with E-state index in [-0.39, 0.29) is 11.9 Å². The van der Waals surface area contributed by atoms with Crippen LogP contribution in [-0.2, 0) is 6.42 Å². The highest BCUT2D eigenvalue weighted by atomic mass is 16.1. The van der Waals surface area contributed by atoms with Gasteiger partial charge < -0.3 is 5.32 Å². The summed E-state index contributed by atoms with van der Waals surface area (Å²) in [4.78, 5) is 12.2. The molecule has 20 heavy (non-hydrogen) atoms. The van der Waals surface area contributed by atoms with E-state index in [9.17, 15) is 4.79 Å². The third kappa shape index (κ3) is 3.95. The first-order valence-electron chi connectivity index (χ1n) is 7.07. The van der Waals surface area contributed by atoms with Gasteiger partial charge >= 0.3 is 0 Å². The molecule has 2 nitrogen and oxygen atoms in total. The van der Waals surface area contributed by atoms with Crippen molar-refractivity contribution in [3.8, 4) is 0 Å². The van der Waals surface area contributed by atoms with Crippen molar-refractivity contribution in [1.29, 1.82) is 0 Å². The van der Waals surface area contributed by atoms with E-state index in [1.54, 1.807) is 0 Å². The normalized spacial score (nSPS) is 11.9. The van der Waals surface area contributed by atoms with E-state index >= 15 is 0 Å². The molecule has 0 aliphatic rings. The smallest absolute Gasteiger partial charge is 0.251 e. The summed E-state index contributed by atoms with van der Waals surface area (Å²) in [6, 6.07) is 18.2. The van der Waals surface area contributed by atoms with Crippen molar-refractivity contribution in [2.75, 3.05) is 0 Å². The highest BCUT2D eigenvalue weighted by Gasteiger charge is 2.11. The molecular formula is C18H21NO. The van der Waals surface area contributed by atoms with Gasteiger partial charge in [0, 0.05) is 11.6 Å². The second kappa shape index (κ2) is 6.90. The van der Waals surface area contributed by atoms with Gasteiger partial charge in [0.05, 0.1) is 0 Å². The van der Waals surface area contributed by atoms with Crippen molar-refractivity contribution in [1.82, 2.24) is 5.32 Å². The molecule has 104 valence electrons. The average Bonchev–Trinajstić information content (AvgIpc) is 2.46. The van der Waals surface area contributed by atoms with Gasteiger partial charge in [0.15, 0.2) is 0 Å². The second-order valence-electron chi connectivity index (χ2n) is 5.21. The lowest BCUT2D eigenvalue weighted by molar-refractivity contribution is 0.0938. The van der Waals surface area contributed by atoms with Gasteiger partial charge in [-0.2, -0.15) is 0 Å². The van der Waals surface area contributed by atoms with E-state index in [1.165, 1.54) is 5.56 Å². The zero-order valence-electron chi connectivity index (χ0n) is 12.1. The van der Waals surface area contributed by atoms with E-state index in [2.05, 4.69) is 24.4 Å². The number of carbonyl (C=O) groups excluding carboxylic acids is 1. The fraction of sp³-hybridized carbons (Fsp3) is 0.278. The standard InChI is InChI=1S/C18H21NO/c1-14-8-6-7-11-17(14)18(20)19-15(2)12-13-16-9-4-3-5-10-16/h3-11,15H,12-13H2,1-2H3,(H,19,20)/t15-/m0/s1. The van der Waals surface area contributed by atoms with Crippen LogP contribution < -0.4 is 5.32 Å². The Morgan fingerprint density at radius 1 is 1.05 bits per heavy atom. The van der Waals surface area contributed by atoms with Crippen molar-refractivity contribution >= 4 is 5.91 Å². The Morgan fingerprint density at radius 3 is 2.40 bits per heavy atom. The lowest BCUT2D eigenvalue weighted by atomic mass is 10.0. The molecule has 0 spiro atoms. The quantitative estimate of drug-likeness (QED) is 0.878. The topological polar surface area (TPSA) is 29.1 Å². The van der Waals surface area contributed by atoms with E-state index in [0.29, 0.717) is 0 Å². The first-order chi connectivity index (χ1) is 9.66. The third-order valence-corrected chi connectivity index (χ3v) is 3.48. The molecule has 1 atom stereocenters. The Balaban J connectivity index is 1.87. The summed E-state index contributed by atoms with van der Waals surface area (Å²) in [6.45, 7) is 4.02. The predicted octanol–water partition coefficient (Wildman–Crippen LogP) is 3.75. The highest BCUT2D eigenvalue weighted by molar-refractivity contribution is 5.95. The Bertz CT molecular complexity index is 563. The molecule has 2 aromatic rings. The van der Waals surface area contributed by atoms with Crippen LogP contribution in [0.25, 0.3) is 0 Å². The zero-order valence-corrected chi connectivity index (χ0v) is 12.1. The molecule has 2 aromatic carbocycles. The Hall–Kier alpha value is -2.09. The van der Waals surface area contributed by atoms with Crippen LogP contribution in [0.1, 0.15) is 34.8 Å². The van der Waals surface area contributed by atoms with Gasteiger partial charge in [-0.25, -0.2) is 0 Å². The van der Waals surface area contributed by atoms with Crippen LogP contribution in [-0.4, -0.2) is 11.9 Å². The van der Waals surface area contributed by atoms with Crippen molar-refractivity contribution in [2.24, 2.45) is 0 Å². The van der Waals surface area contributed by atoms with Crippen molar-refractivity contribution < 1.29 is 4.79 Å². The maximum absolute atomic E-state index is 12.2. The van der Waals surface area contributed by atoms with Crippen LogP contribution in [0.5, 0.6) is 0 Å². The lowest BCUT2D eigenvalue weighted by Gasteiger charge is -2.15. The van der Waals surface area contributed by atoms with Crippen molar-refractivity contribution in [2.45, 2.75) is 32.7 Å². The largest absolute Gasteiger partial charge is 0.350 e. The van der Waals surface area contributed by atoms with Crippen LogP contribution in [0.4, 0.5) is 0 Å². The molecule has 0 saturated carbocycles. The molecule has 0 saturated heterocycles. The number of aryl methyl sites for hydroxylation is 2. The first kappa shape index (κ1) is 14.3. The summed E-state index contributed by atoms with van der Waals surface area (Å²) < 4.78 is 0. The minimum absolute atomic E-state index is 0.0173. The van der Waals surface area contributed by atoms with Crippen molar-refractivity contribution in [3.63, 3.8) is 0 Å². The maximum Gasteiger partial charge on any atom is 0.251 e. The van der Waals surface area contributed by atoms with Crippen LogP contribution >= 0.6 is 0 Å². The summed E-state index contributed by atoms with van der Waals surface area (Å²) >= 11 is 0. The summed E-state index contributed by atoms with van der Waals surface area (Å²) in [5.74, 6) is 0.0173. The van der Waals surface area contributed by atoms with Gasteiger partial charge in [-0.3, -0.25) is 4.79 Å². The molecule has 1 amide bonds. The van der Waals surface area contributed by atoms with Gasteiger partial charge in [0.25, 0.3) is 5.91 Å². The number of amides is 1. The van der Waals surface area contributed by atoms with Gasteiger partial charge in [0.1, 0.15) is 0 Å². The van der Waals surface area contributed by atoms with Crippen molar-refractivity contribution in [3.05, 3.63) is 71.3 Å². The fourth-order valence-corrected chi connectivity index (χ4v) is 2.23. The molecule has 0 aromatic heterocycles. The predicted molar refractivity (Wildman–Crippen MR) is 82.9 cm³/mol. The van der Waals surface area contributed by atoms with E-state index < -0.39 is 0 Å². The molecule has 2 heteroatoms. The maximum atomic E-state index is 12.2. The number of carbonyl (C=O) groups is 1. The minimum Gasteiger partial charge on any atom is -0.350 e. The summed E-state index contributed by atoms with van der Waals surface area (Å²) in [7, 11) is 0. The molecule has 0 bridgehead atoms. The summed E-state index contributed by atoms with van der Waals surface area (Å²) in [6.07, 6.45) is 1.93. The van der Waals surface area contributed by atoms with E-state index in [0.717, 1.165) is 24.0 Å². The SMILES string of the molecule is Cc1ccccc1C(=O)N[C@@H](C)CCc1ccccc1. The molecule has 0 radical (unpaired) electrons. The number of hydrogen-bond donors (Lipinski definition) is 1. The van der Waals surface area contributed by atoms with Crippen LogP contribution in [0.2, 0.25) is 0 Å². The Labute approximate surface area is 120 Å². The number of hydrogen-bond acceptors (Lipinski definition) is 1. The molecule has 0 unspecified atom stereocenters. The van der Waals surface area contributed by atoms with Gasteiger partial charge in [-0.15, -0.1) is 0 Å².